The Hall–Kier alpha value is -1.63. The Kier molecular flexibility index (Phi) is 4.61. The molecule has 4 nitrogen and oxygen atoms in total. The molecule has 2 heterocycles. The topological polar surface area (TPSA) is 57.8 Å². The van der Waals surface area contributed by atoms with Gasteiger partial charge >= 0.3 is 0 Å². The molecule has 1 amide bonds. The molecule has 2 N–H and O–H groups in total. The second-order valence-corrected chi connectivity index (χ2v) is 6.93. The van der Waals surface area contributed by atoms with Crippen LogP contribution in [0.4, 0.5) is 0 Å². The van der Waals surface area contributed by atoms with Crippen molar-refractivity contribution in [2.45, 2.75) is 6.54 Å². The van der Waals surface area contributed by atoms with E-state index in [0.29, 0.717) is 22.8 Å². The number of hydrogen-bond acceptors (Lipinski definition) is 3. The summed E-state index contributed by atoms with van der Waals surface area (Å²) >= 11 is 10.9. The van der Waals surface area contributed by atoms with Crippen molar-refractivity contribution < 1.29 is 4.79 Å². The minimum absolute atomic E-state index is 0.164. The zero-order chi connectivity index (χ0) is 15.5. The highest BCUT2D eigenvalue weighted by molar-refractivity contribution is 9.10. The van der Waals surface area contributed by atoms with Gasteiger partial charge in [-0.3, -0.25) is 9.89 Å². The lowest BCUT2D eigenvalue weighted by Gasteiger charge is -2.05. The molecule has 7 heteroatoms. The average molecular weight is 397 g/mol. The molecule has 3 aromatic rings. The van der Waals surface area contributed by atoms with Crippen LogP contribution in [0, 0.1) is 0 Å². The molecule has 2 aromatic heterocycles. The molecule has 0 aliphatic carbocycles. The number of carbonyl (C=O) groups is 1. The predicted octanol–water partition coefficient (Wildman–Crippen LogP) is 4.48. The van der Waals surface area contributed by atoms with Crippen LogP contribution in [0.15, 0.2) is 46.4 Å². The maximum absolute atomic E-state index is 12.3. The molecule has 0 unspecified atom stereocenters. The predicted molar refractivity (Wildman–Crippen MR) is 92.2 cm³/mol. The molecule has 0 bridgehead atoms. The normalized spacial score (nSPS) is 10.6. The van der Waals surface area contributed by atoms with Gasteiger partial charge in [-0.15, -0.1) is 11.3 Å². The first-order valence-corrected chi connectivity index (χ1v) is 8.49. The first-order valence-electron chi connectivity index (χ1n) is 6.44. The van der Waals surface area contributed by atoms with Crippen LogP contribution < -0.4 is 5.32 Å². The third-order valence-electron chi connectivity index (χ3n) is 3.06. The van der Waals surface area contributed by atoms with E-state index < -0.39 is 0 Å². The number of thiophene rings is 1. The molecular weight excluding hydrogens is 386 g/mol. The molecule has 3 rings (SSSR count). The van der Waals surface area contributed by atoms with Gasteiger partial charge in [0.2, 0.25) is 0 Å². The van der Waals surface area contributed by atoms with Crippen molar-refractivity contribution in [2.24, 2.45) is 0 Å². The van der Waals surface area contributed by atoms with Gasteiger partial charge < -0.3 is 5.32 Å². The summed E-state index contributed by atoms with van der Waals surface area (Å²) in [5.41, 5.74) is 2.06. The highest BCUT2D eigenvalue weighted by atomic mass is 79.9. The van der Waals surface area contributed by atoms with E-state index in [1.807, 2.05) is 23.6 Å². The molecule has 0 aliphatic rings. The van der Waals surface area contributed by atoms with E-state index in [-0.39, 0.29) is 5.91 Å². The molecular formula is C15H11BrClN3OS. The van der Waals surface area contributed by atoms with Crippen molar-refractivity contribution in [1.29, 1.82) is 0 Å². The van der Waals surface area contributed by atoms with Crippen LogP contribution >= 0.6 is 38.9 Å². The van der Waals surface area contributed by atoms with Gasteiger partial charge in [-0.25, -0.2) is 0 Å². The van der Waals surface area contributed by atoms with Gasteiger partial charge in [0.1, 0.15) is 0 Å². The first-order chi connectivity index (χ1) is 10.6. The van der Waals surface area contributed by atoms with Crippen molar-refractivity contribution >= 4 is 44.8 Å². The van der Waals surface area contributed by atoms with Crippen molar-refractivity contribution in [3.05, 3.63) is 61.8 Å². The van der Waals surface area contributed by atoms with Crippen molar-refractivity contribution in [1.82, 2.24) is 15.5 Å². The summed E-state index contributed by atoms with van der Waals surface area (Å²) in [6, 6.07) is 9.25. The molecule has 0 spiro atoms. The number of rotatable bonds is 4. The van der Waals surface area contributed by atoms with Crippen LogP contribution in [0.1, 0.15) is 15.2 Å². The largest absolute Gasteiger partial charge is 0.347 e. The number of hydrogen-bond donors (Lipinski definition) is 2. The molecule has 22 heavy (non-hydrogen) atoms. The van der Waals surface area contributed by atoms with E-state index in [9.17, 15) is 4.79 Å². The Labute approximate surface area is 144 Å². The minimum Gasteiger partial charge on any atom is -0.347 e. The quantitative estimate of drug-likeness (QED) is 0.683. The smallest absolute Gasteiger partial charge is 0.255 e. The first kappa shape index (κ1) is 15.3. The number of H-pyrrole nitrogens is 1. The molecule has 0 saturated carbocycles. The summed E-state index contributed by atoms with van der Waals surface area (Å²) in [4.78, 5) is 13.4. The SMILES string of the molecule is O=C(NCc1cc(Br)cs1)c1cn[nH]c1-c1ccc(Cl)cc1. The molecule has 112 valence electrons. The summed E-state index contributed by atoms with van der Waals surface area (Å²) in [7, 11) is 0. The number of aromatic nitrogens is 2. The monoisotopic (exact) mass is 395 g/mol. The number of nitrogens with zero attached hydrogens (tertiary/aromatic N) is 1. The summed E-state index contributed by atoms with van der Waals surface area (Å²) < 4.78 is 1.02. The average Bonchev–Trinajstić information content (AvgIpc) is 3.14. The van der Waals surface area contributed by atoms with Gasteiger partial charge in [0, 0.05) is 25.3 Å². The van der Waals surface area contributed by atoms with Crippen LogP contribution in [0.5, 0.6) is 0 Å². The van der Waals surface area contributed by atoms with Gasteiger partial charge in [0.25, 0.3) is 5.91 Å². The molecule has 0 atom stereocenters. The third kappa shape index (κ3) is 3.40. The number of carbonyl (C=O) groups excluding carboxylic acids is 1. The van der Waals surface area contributed by atoms with Gasteiger partial charge in [0.05, 0.1) is 24.0 Å². The Morgan fingerprint density at radius 2 is 2.14 bits per heavy atom. The van der Waals surface area contributed by atoms with Gasteiger partial charge in [-0.1, -0.05) is 23.7 Å². The van der Waals surface area contributed by atoms with Crippen molar-refractivity contribution in [3.63, 3.8) is 0 Å². The Balaban J connectivity index is 1.76. The van der Waals surface area contributed by atoms with Crippen molar-refractivity contribution in [2.75, 3.05) is 0 Å². The lowest BCUT2D eigenvalue weighted by Crippen LogP contribution is -2.22. The number of aromatic amines is 1. The highest BCUT2D eigenvalue weighted by Crippen LogP contribution is 2.23. The minimum atomic E-state index is -0.164. The molecule has 0 aliphatic heterocycles. The van der Waals surface area contributed by atoms with E-state index in [0.717, 1.165) is 14.9 Å². The summed E-state index contributed by atoms with van der Waals surface area (Å²) in [6.45, 7) is 0.486. The number of benzene rings is 1. The lowest BCUT2D eigenvalue weighted by molar-refractivity contribution is 0.0952. The zero-order valence-corrected chi connectivity index (χ0v) is 14.4. The fourth-order valence-electron chi connectivity index (χ4n) is 2.00. The van der Waals surface area contributed by atoms with E-state index in [1.165, 1.54) is 6.20 Å². The van der Waals surface area contributed by atoms with E-state index >= 15 is 0 Å². The summed E-state index contributed by atoms with van der Waals surface area (Å²) in [6.07, 6.45) is 1.53. The van der Waals surface area contributed by atoms with Crippen LogP contribution in [0.25, 0.3) is 11.3 Å². The van der Waals surface area contributed by atoms with Gasteiger partial charge in [0.15, 0.2) is 0 Å². The maximum atomic E-state index is 12.3. The molecule has 0 radical (unpaired) electrons. The maximum Gasteiger partial charge on any atom is 0.255 e. The van der Waals surface area contributed by atoms with Gasteiger partial charge in [-0.05, 0) is 34.1 Å². The third-order valence-corrected chi connectivity index (χ3v) is 5.01. The Morgan fingerprint density at radius 3 is 2.82 bits per heavy atom. The molecule has 1 aromatic carbocycles. The number of amides is 1. The Bertz CT molecular complexity index is 797. The van der Waals surface area contributed by atoms with E-state index in [4.69, 9.17) is 11.6 Å². The standard InChI is InChI=1S/C15H11BrClN3OS/c16-10-5-12(22-8-10)6-18-15(21)13-7-19-20-14(13)9-1-3-11(17)4-2-9/h1-5,7-8H,6H2,(H,18,21)(H,19,20). The fourth-order valence-corrected chi connectivity index (χ4v) is 3.52. The fraction of sp³-hybridized carbons (Fsp3) is 0.0667. The van der Waals surface area contributed by atoms with Crippen LogP contribution in [0.2, 0.25) is 5.02 Å². The van der Waals surface area contributed by atoms with E-state index in [2.05, 4.69) is 31.4 Å². The molecule has 0 fully saturated rings. The van der Waals surface area contributed by atoms with Crippen molar-refractivity contribution in [3.8, 4) is 11.3 Å². The van der Waals surface area contributed by atoms with E-state index in [1.54, 1.807) is 23.5 Å². The van der Waals surface area contributed by atoms with Gasteiger partial charge in [-0.2, -0.15) is 5.10 Å². The van der Waals surface area contributed by atoms with Crippen LogP contribution in [-0.4, -0.2) is 16.1 Å². The highest BCUT2D eigenvalue weighted by Gasteiger charge is 2.15. The Morgan fingerprint density at radius 1 is 1.36 bits per heavy atom. The second-order valence-electron chi connectivity index (χ2n) is 4.58. The second kappa shape index (κ2) is 6.64. The zero-order valence-electron chi connectivity index (χ0n) is 11.3. The number of nitrogens with one attached hydrogen (secondary N) is 2. The van der Waals surface area contributed by atoms with Crippen LogP contribution in [0.3, 0.4) is 0 Å². The lowest BCUT2D eigenvalue weighted by atomic mass is 10.1. The van der Waals surface area contributed by atoms with Crippen LogP contribution in [-0.2, 0) is 6.54 Å². The number of halogens is 2. The summed E-state index contributed by atoms with van der Waals surface area (Å²) in [5.74, 6) is -0.164. The summed E-state index contributed by atoms with van der Waals surface area (Å²) in [5, 5.41) is 12.4. The molecule has 0 saturated heterocycles.